The van der Waals surface area contributed by atoms with Crippen LogP contribution < -0.4 is 0 Å². The van der Waals surface area contributed by atoms with Gasteiger partial charge in [-0.3, -0.25) is 0 Å². The maximum Gasteiger partial charge on any atom is -0.0411 e. The first kappa shape index (κ1) is 20.0. The fourth-order valence-corrected chi connectivity index (χ4v) is 3.60. The van der Waals surface area contributed by atoms with E-state index in [0.29, 0.717) is 0 Å². The summed E-state index contributed by atoms with van der Waals surface area (Å²) in [4.78, 5) is 0. The first-order chi connectivity index (χ1) is 9.65. The van der Waals surface area contributed by atoms with Crippen molar-refractivity contribution in [2.75, 3.05) is 0 Å². The Morgan fingerprint density at radius 3 is 1.10 bits per heavy atom. The minimum absolute atomic E-state index is 1.02. The van der Waals surface area contributed by atoms with Crippen molar-refractivity contribution in [1.82, 2.24) is 0 Å². The van der Waals surface area contributed by atoms with Crippen molar-refractivity contribution in [1.29, 1.82) is 0 Å². The third-order valence-electron chi connectivity index (χ3n) is 4.94. The molecule has 0 radical (unpaired) electrons. The molecule has 0 heteroatoms. The van der Waals surface area contributed by atoms with Crippen LogP contribution in [-0.4, -0.2) is 0 Å². The highest BCUT2D eigenvalue weighted by atomic mass is 14.3. The average molecular weight is 283 g/mol. The van der Waals surface area contributed by atoms with E-state index in [1.165, 1.54) is 57.8 Å². The molecule has 2 aliphatic carbocycles. The molecule has 0 aliphatic heterocycles. The predicted octanol–water partition coefficient (Wildman–Crippen LogP) is 7.47. The Bertz CT molecular complexity index is 160. The number of hydrogen-bond acceptors (Lipinski definition) is 0. The van der Waals surface area contributed by atoms with Gasteiger partial charge in [-0.05, 0) is 30.1 Å². The van der Waals surface area contributed by atoms with E-state index in [0.717, 1.165) is 23.7 Å². The average Bonchev–Trinajstić information content (AvgIpc) is 2.47. The molecule has 2 fully saturated rings. The smallest absolute Gasteiger partial charge is 0.0411 e. The zero-order chi connectivity index (χ0) is 15.4. The predicted molar refractivity (Wildman–Crippen MR) is 94.2 cm³/mol. The standard InChI is InChI=1S/C15H28.C3H8.C2H6/c1-12-3-7-14(8-4-12)11-15-9-5-13(2)6-10-15;1-3-2;1-2/h12-15H,3-11H2,1-2H3;3H2,1-2H3;1-2H3. The lowest BCUT2D eigenvalue weighted by molar-refractivity contribution is 0.201. The van der Waals surface area contributed by atoms with E-state index >= 15 is 0 Å². The van der Waals surface area contributed by atoms with Gasteiger partial charge in [0.15, 0.2) is 0 Å². The second kappa shape index (κ2) is 12.7. The molecule has 2 saturated carbocycles. The summed E-state index contributed by atoms with van der Waals surface area (Å²) in [5.41, 5.74) is 0. The van der Waals surface area contributed by atoms with Gasteiger partial charge in [0, 0.05) is 0 Å². The molecule has 0 N–H and O–H groups in total. The number of rotatable bonds is 2. The summed E-state index contributed by atoms with van der Waals surface area (Å²) in [6, 6.07) is 0. The summed E-state index contributed by atoms with van der Waals surface area (Å²) in [7, 11) is 0. The fourth-order valence-electron chi connectivity index (χ4n) is 3.60. The Hall–Kier alpha value is 0. The van der Waals surface area contributed by atoms with Crippen LogP contribution in [0.5, 0.6) is 0 Å². The third-order valence-corrected chi connectivity index (χ3v) is 4.94. The van der Waals surface area contributed by atoms with E-state index in [4.69, 9.17) is 0 Å². The van der Waals surface area contributed by atoms with E-state index < -0.39 is 0 Å². The van der Waals surface area contributed by atoms with Gasteiger partial charge in [-0.1, -0.05) is 99.3 Å². The summed E-state index contributed by atoms with van der Waals surface area (Å²) in [6.45, 7) is 13.1. The summed E-state index contributed by atoms with van der Waals surface area (Å²) < 4.78 is 0. The second-order valence-corrected chi connectivity index (χ2v) is 7.19. The van der Waals surface area contributed by atoms with Gasteiger partial charge in [-0.2, -0.15) is 0 Å². The molecule has 0 amide bonds. The van der Waals surface area contributed by atoms with Crippen LogP contribution in [0.3, 0.4) is 0 Å². The first-order valence-corrected chi connectivity index (χ1v) is 9.65. The van der Waals surface area contributed by atoms with Crippen molar-refractivity contribution in [3.05, 3.63) is 0 Å². The van der Waals surface area contributed by atoms with Crippen molar-refractivity contribution in [2.45, 2.75) is 106 Å². The van der Waals surface area contributed by atoms with Crippen LogP contribution in [0.15, 0.2) is 0 Å². The van der Waals surface area contributed by atoms with Crippen molar-refractivity contribution in [3.8, 4) is 0 Å². The minimum atomic E-state index is 1.02. The molecule has 0 aromatic heterocycles. The zero-order valence-electron chi connectivity index (χ0n) is 15.4. The van der Waals surface area contributed by atoms with Gasteiger partial charge >= 0.3 is 0 Å². The largest absolute Gasteiger partial charge is 0.0683 e. The summed E-state index contributed by atoms with van der Waals surface area (Å²) >= 11 is 0. The zero-order valence-corrected chi connectivity index (χ0v) is 15.4. The Kier molecular flexibility index (Phi) is 12.7. The molecule has 0 unspecified atom stereocenters. The van der Waals surface area contributed by atoms with Gasteiger partial charge in [-0.15, -0.1) is 0 Å². The maximum absolute atomic E-state index is 2.43. The van der Waals surface area contributed by atoms with Gasteiger partial charge in [-0.25, -0.2) is 0 Å². The minimum Gasteiger partial charge on any atom is -0.0683 e. The van der Waals surface area contributed by atoms with Gasteiger partial charge in [0.05, 0.1) is 0 Å². The lowest BCUT2D eigenvalue weighted by Gasteiger charge is -2.32. The second-order valence-electron chi connectivity index (χ2n) is 7.19. The van der Waals surface area contributed by atoms with Gasteiger partial charge < -0.3 is 0 Å². The molecule has 20 heavy (non-hydrogen) atoms. The van der Waals surface area contributed by atoms with Gasteiger partial charge in [0.2, 0.25) is 0 Å². The Labute approximate surface area is 130 Å². The fraction of sp³-hybridized carbons (Fsp3) is 1.00. The third kappa shape index (κ3) is 9.03. The Morgan fingerprint density at radius 1 is 0.600 bits per heavy atom. The highest BCUT2D eigenvalue weighted by Gasteiger charge is 2.24. The highest BCUT2D eigenvalue weighted by molar-refractivity contribution is 4.76. The molecule has 122 valence electrons. The molecule has 0 aromatic rings. The van der Waals surface area contributed by atoms with Crippen LogP contribution in [0.25, 0.3) is 0 Å². The Balaban J connectivity index is 0.000000641. The molecule has 0 atom stereocenters. The summed E-state index contributed by atoms with van der Waals surface area (Å²) in [5.74, 6) is 4.24. The lowest BCUT2D eigenvalue weighted by atomic mass is 9.74. The molecule has 0 saturated heterocycles. The maximum atomic E-state index is 2.43. The van der Waals surface area contributed by atoms with Crippen molar-refractivity contribution in [2.24, 2.45) is 23.7 Å². The summed E-state index contributed by atoms with van der Waals surface area (Å²) in [6.07, 6.45) is 15.0. The highest BCUT2D eigenvalue weighted by Crippen LogP contribution is 2.37. The van der Waals surface area contributed by atoms with Crippen molar-refractivity contribution < 1.29 is 0 Å². The van der Waals surface area contributed by atoms with Crippen molar-refractivity contribution >= 4 is 0 Å². The normalized spacial score (nSPS) is 33.3. The molecular formula is C20H42. The van der Waals surface area contributed by atoms with E-state index in [9.17, 15) is 0 Å². The molecule has 2 aliphatic rings. The topological polar surface area (TPSA) is 0 Å². The van der Waals surface area contributed by atoms with Gasteiger partial charge in [0.1, 0.15) is 0 Å². The Morgan fingerprint density at radius 2 is 0.850 bits per heavy atom. The van der Waals surface area contributed by atoms with Crippen LogP contribution in [0.4, 0.5) is 0 Å². The van der Waals surface area contributed by atoms with E-state index in [2.05, 4.69) is 27.7 Å². The SMILES string of the molecule is CC.CC1CCC(CC2CCC(C)CC2)CC1.CCC. The van der Waals surface area contributed by atoms with Crippen LogP contribution in [-0.2, 0) is 0 Å². The molecule has 2 rings (SSSR count). The van der Waals surface area contributed by atoms with E-state index in [1.54, 1.807) is 6.42 Å². The molecule has 0 nitrogen and oxygen atoms in total. The van der Waals surface area contributed by atoms with Crippen LogP contribution in [0.1, 0.15) is 106 Å². The van der Waals surface area contributed by atoms with Crippen LogP contribution in [0, 0.1) is 23.7 Å². The van der Waals surface area contributed by atoms with Crippen LogP contribution in [0.2, 0.25) is 0 Å². The lowest BCUT2D eigenvalue weighted by Crippen LogP contribution is -2.19. The molecule has 0 bridgehead atoms. The quantitative estimate of drug-likeness (QED) is 0.492. The molecule has 0 aromatic carbocycles. The van der Waals surface area contributed by atoms with E-state index in [1.807, 2.05) is 13.8 Å². The monoisotopic (exact) mass is 282 g/mol. The molecule has 0 heterocycles. The number of hydrogen-bond donors (Lipinski definition) is 0. The van der Waals surface area contributed by atoms with E-state index in [-0.39, 0.29) is 0 Å². The first-order valence-electron chi connectivity index (χ1n) is 9.65. The summed E-state index contributed by atoms with van der Waals surface area (Å²) in [5, 5.41) is 0. The molecular weight excluding hydrogens is 240 g/mol. The molecule has 0 spiro atoms. The van der Waals surface area contributed by atoms with Crippen molar-refractivity contribution in [3.63, 3.8) is 0 Å². The van der Waals surface area contributed by atoms with Crippen LogP contribution >= 0.6 is 0 Å². The van der Waals surface area contributed by atoms with Gasteiger partial charge in [0.25, 0.3) is 0 Å².